The number of hydrazine groups is 1. The fraction of sp³-hybridized carbons (Fsp3) is 0.348. The second kappa shape index (κ2) is 8.16. The van der Waals surface area contributed by atoms with Crippen LogP contribution in [0.3, 0.4) is 0 Å². The molecule has 0 amide bonds. The van der Waals surface area contributed by atoms with E-state index < -0.39 is 0 Å². The maximum absolute atomic E-state index is 5.36. The van der Waals surface area contributed by atoms with Gasteiger partial charge in [-0.15, -0.1) is 0 Å². The Morgan fingerprint density at radius 1 is 1.25 bits per heavy atom. The van der Waals surface area contributed by atoms with Crippen LogP contribution in [0.5, 0.6) is 0 Å². The summed E-state index contributed by atoms with van der Waals surface area (Å²) >= 11 is 0. The summed E-state index contributed by atoms with van der Waals surface area (Å²) in [6.45, 7) is 5.78. The SMILES string of the molecule is CC(C)C1=CNNC(Nc2ccc3ncc(-c4cn(C)nc4N(C)C4COC4)cc3n2)=C1. The summed E-state index contributed by atoms with van der Waals surface area (Å²) < 4.78 is 7.20. The van der Waals surface area contributed by atoms with E-state index in [1.165, 1.54) is 5.57 Å². The van der Waals surface area contributed by atoms with Gasteiger partial charge in [0.1, 0.15) is 11.6 Å². The molecule has 32 heavy (non-hydrogen) atoms. The monoisotopic (exact) mass is 432 g/mol. The summed E-state index contributed by atoms with van der Waals surface area (Å²) in [7, 11) is 4.00. The van der Waals surface area contributed by atoms with Gasteiger partial charge >= 0.3 is 0 Å². The third-order valence-electron chi connectivity index (χ3n) is 5.85. The maximum atomic E-state index is 5.36. The Hall–Kier alpha value is -3.59. The van der Waals surface area contributed by atoms with Crippen molar-refractivity contribution >= 4 is 22.7 Å². The van der Waals surface area contributed by atoms with Crippen molar-refractivity contribution in [3.05, 3.63) is 54.3 Å². The van der Waals surface area contributed by atoms with Gasteiger partial charge in [0.2, 0.25) is 0 Å². The predicted molar refractivity (Wildman–Crippen MR) is 126 cm³/mol. The first-order valence-electron chi connectivity index (χ1n) is 10.8. The van der Waals surface area contributed by atoms with Crippen LogP contribution < -0.4 is 21.1 Å². The van der Waals surface area contributed by atoms with E-state index in [-0.39, 0.29) is 0 Å². The Morgan fingerprint density at radius 2 is 2.09 bits per heavy atom. The van der Waals surface area contributed by atoms with Gasteiger partial charge in [0.15, 0.2) is 5.82 Å². The zero-order valence-electron chi connectivity index (χ0n) is 18.8. The summed E-state index contributed by atoms with van der Waals surface area (Å²) in [5.41, 5.74) is 11.1. The molecular weight excluding hydrogens is 404 g/mol. The van der Waals surface area contributed by atoms with Crippen molar-refractivity contribution in [1.82, 2.24) is 30.6 Å². The molecule has 0 atom stereocenters. The van der Waals surface area contributed by atoms with Gasteiger partial charge in [-0.2, -0.15) is 5.10 Å². The first-order valence-corrected chi connectivity index (χ1v) is 10.8. The number of anilines is 2. The molecule has 5 rings (SSSR count). The number of aromatic nitrogens is 4. The number of likely N-dealkylation sites (N-methyl/N-ethyl adjacent to an activating group) is 1. The van der Waals surface area contributed by atoms with Gasteiger partial charge in [-0.1, -0.05) is 13.8 Å². The zero-order valence-corrected chi connectivity index (χ0v) is 18.8. The lowest BCUT2D eigenvalue weighted by Gasteiger charge is -2.35. The highest BCUT2D eigenvalue weighted by Gasteiger charge is 2.27. The molecule has 0 spiro atoms. The first-order chi connectivity index (χ1) is 15.5. The van der Waals surface area contributed by atoms with Crippen LogP contribution in [0.4, 0.5) is 11.6 Å². The van der Waals surface area contributed by atoms with Crippen LogP contribution in [0.15, 0.2) is 54.3 Å². The van der Waals surface area contributed by atoms with Crippen molar-refractivity contribution in [2.24, 2.45) is 13.0 Å². The lowest BCUT2D eigenvalue weighted by atomic mass is 10.0. The Kier molecular flexibility index (Phi) is 5.18. The number of hydrogen-bond donors (Lipinski definition) is 3. The zero-order chi connectivity index (χ0) is 22.2. The molecule has 0 saturated carbocycles. The van der Waals surface area contributed by atoms with Crippen LogP contribution in [0.25, 0.3) is 22.2 Å². The Bertz CT molecular complexity index is 1210. The van der Waals surface area contributed by atoms with E-state index in [1.54, 1.807) is 0 Å². The molecule has 1 saturated heterocycles. The number of allylic oxidation sites excluding steroid dienone is 2. The van der Waals surface area contributed by atoms with Gasteiger partial charge in [0.25, 0.3) is 0 Å². The van der Waals surface area contributed by atoms with Gasteiger partial charge in [-0.25, -0.2) is 4.98 Å². The van der Waals surface area contributed by atoms with Crippen molar-refractivity contribution in [3.8, 4) is 11.1 Å². The van der Waals surface area contributed by atoms with E-state index in [0.29, 0.717) is 12.0 Å². The van der Waals surface area contributed by atoms with E-state index in [9.17, 15) is 0 Å². The van der Waals surface area contributed by atoms with E-state index in [1.807, 2.05) is 42.5 Å². The van der Waals surface area contributed by atoms with Gasteiger partial charge in [0, 0.05) is 43.8 Å². The Labute approximate surface area is 187 Å². The topological polar surface area (TPSA) is 92.2 Å². The summed E-state index contributed by atoms with van der Waals surface area (Å²) in [6.07, 6.45) is 7.97. The second-order valence-corrected chi connectivity index (χ2v) is 8.55. The fourth-order valence-corrected chi connectivity index (χ4v) is 3.76. The molecule has 0 radical (unpaired) electrons. The molecule has 3 aromatic rings. The quantitative estimate of drug-likeness (QED) is 0.548. The maximum Gasteiger partial charge on any atom is 0.158 e. The molecule has 9 nitrogen and oxygen atoms in total. The molecule has 3 aromatic heterocycles. The van der Waals surface area contributed by atoms with E-state index in [0.717, 1.165) is 52.8 Å². The minimum Gasteiger partial charge on any atom is -0.377 e. The molecule has 0 bridgehead atoms. The van der Waals surface area contributed by atoms with E-state index >= 15 is 0 Å². The number of aryl methyl sites for hydroxylation is 1. The van der Waals surface area contributed by atoms with Gasteiger partial charge in [-0.05, 0) is 35.8 Å². The Balaban J connectivity index is 1.45. The standard InChI is InChI=1S/C23H28N8O/c1-14(2)15-8-22(28-25-10-15)27-21-6-5-19-20(26-21)7-16(9-24-19)18-11-30(3)29-23(18)31(4)17-12-32-13-17/h5-11,14,17,25,28H,12-13H2,1-4H3,(H,26,27). The highest BCUT2D eigenvalue weighted by atomic mass is 16.5. The molecule has 5 heterocycles. The van der Waals surface area contributed by atoms with E-state index in [4.69, 9.17) is 9.72 Å². The second-order valence-electron chi connectivity index (χ2n) is 8.55. The number of hydrogen-bond acceptors (Lipinski definition) is 8. The van der Waals surface area contributed by atoms with Crippen LogP contribution in [0.2, 0.25) is 0 Å². The van der Waals surface area contributed by atoms with Crippen molar-refractivity contribution in [3.63, 3.8) is 0 Å². The third-order valence-corrected chi connectivity index (χ3v) is 5.85. The van der Waals surface area contributed by atoms with Crippen molar-refractivity contribution in [1.29, 1.82) is 0 Å². The molecule has 2 aliphatic rings. The van der Waals surface area contributed by atoms with Crippen molar-refractivity contribution in [2.45, 2.75) is 19.9 Å². The number of rotatable bonds is 6. The van der Waals surface area contributed by atoms with Gasteiger partial charge in [-0.3, -0.25) is 15.1 Å². The lowest BCUT2D eigenvalue weighted by molar-refractivity contribution is 0.00989. The Morgan fingerprint density at radius 3 is 2.84 bits per heavy atom. The molecule has 0 unspecified atom stereocenters. The van der Waals surface area contributed by atoms with E-state index in [2.05, 4.69) is 64.2 Å². The van der Waals surface area contributed by atoms with Crippen LogP contribution in [0.1, 0.15) is 13.8 Å². The molecule has 3 N–H and O–H groups in total. The highest BCUT2D eigenvalue weighted by Crippen LogP contribution is 2.32. The number of nitrogens with one attached hydrogen (secondary N) is 3. The van der Waals surface area contributed by atoms with Crippen LogP contribution >= 0.6 is 0 Å². The molecule has 0 aromatic carbocycles. The number of pyridine rings is 2. The molecule has 0 aliphatic carbocycles. The summed E-state index contributed by atoms with van der Waals surface area (Å²) in [4.78, 5) is 11.6. The molecule has 1 fully saturated rings. The average molecular weight is 433 g/mol. The molecule has 9 heteroatoms. The molecule has 166 valence electrons. The third kappa shape index (κ3) is 3.87. The highest BCUT2D eigenvalue weighted by molar-refractivity contribution is 5.84. The van der Waals surface area contributed by atoms with Crippen molar-refractivity contribution in [2.75, 3.05) is 30.5 Å². The number of nitrogens with zero attached hydrogens (tertiary/aromatic N) is 5. The number of ether oxygens (including phenoxy) is 1. The normalized spacial score (nSPS) is 16.2. The summed E-state index contributed by atoms with van der Waals surface area (Å²) in [6, 6.07) is 6.33. The minimum atomic E-state index is 0.348. The van der Waals surface area contributed by atoms with Gasteiger partial charge in [0.05, 0.1) is 30.3 Å². The fourth-order valence-electron chi connectivity index (χ4n) is 3.76. The van der Waals surface area contributed by atoms with Crippen LogP contribution in [-0.2, 0) is 11.8 Å². The average Bonchev–Trinajstić information content (AvgIpc) is 3.14. The number of fused-ring (bicyclic) bond motifs is 1. The minimum absolute atomic E-state index is 0.348. The lowest BCUT2D eigenvalue weighted by Crippen LogP contribution is -2.47. The molecule has 2 aliphatic heterocycles. The molecular formula is C23H28N8O. The largest absolute Gasteiger partial charge is 0.377 e. The van der Waals surface area contributed by atoms with Crippen LogP contribution in [-0.4, -0.2) is 46.1 Å². The summed E-state index contributed by atoms with van der Waals surface area (Å²) in [5.74, 6) is 2.95. The predicted octanol–water partition coefficient (Wildman–Crippen LogP) is 2.77. The van der Waals surface area contributed by atoms with Gasteiger partial charge < -0.3 is 20.4 Å². The van der Waals surface area contributed by atoms with Crippen LogP contribution in [0, 0.1) is 5.92 Å². The smallest absolute Gasteiger partial charge is 0.158 e. The van der Waals surface area contributed by atoms with Crippen molar-refractivity contribution < 1.29 is 4.74 Å². The summed E-state index contributed by atoms with van der Waals surface area (Å²) in [5, 5.41) is 8.03. The first kappa shape index (κ1) is 20.3.